The van der Waals surface area contributed by atoms with Crippen LogP contribution in [-0.2, 0) is 11.3 Å². The number of carbonyl (C=O) groups is 1. The minimum atomic E-state index is -0.384. The van der Waals surface area contributed by atoms with E-state index < -0.39 is 0 Å². The molecule has 22 heavy (non-hydrogen) atoms. The van der Waals surface area contributed by atoms with Crippen molar-refractivity contribution < 1.29 is 9.72 Å². The van der Waals surface area contributed by atoms with Crippen LogP contribution in [0.1, 0.15) is 18.4 Å². The Kier molecular flexibility index (Phi) is 4.46. The van der Waals surface area contributed by atoms with Gasteiger partial charge in [-0.2, -0.15) is 0 Å². The van der Waals surface area contributed by atoms with Crippen LogP contribution in [0.15, 0.2) is 23.0 Å². The summed E-state index contributed by atoms with van der Waals surface area (Å²) in [6.45, 7) is 1.37. The van der Waals surface area contributed by atoms with Gasteiger partial charge in [0.25, 0.3) is 0 Å². The lowest BCUT2D eigenvalue weighted by Gasteiger charge is -2.22. The molecule has 0 radical (unpaired) electrons. The van der Waals surface area contributed by atoms with E-state index in [0.29, 0.717) is 11.7 Å². The van der Waals surface area contributed by atoms with E-state index >= 15 is 0 Å². The number of nitrogens with zero attached hydrogens (tertiary/aromatic N) is 3. The summed E-state index contributed by atoms with van der Waals surface area (Å²) in [6, 6.07) is 1.38. The summed E-state index contributed by atoms with van der Waals surface area (Å²) >= 11 is 2.51. The summed E-state index contributed by atoms with van der Waals surface area (Å²) in [4.78, 5) is 28.8. The van der Waals surface area contributed by atoms with Crippen molar-refractivity contribution >= 4 is 38.7 Å². The molecule has 1 amide bonds. The maximum absolute atomic E-state index is 12.3. The predicted molar refractivity (Wildman–Crippen MR) is 85.1 cm³/mol. The molecule has 0 saturated carbocycles. The Hall–Kier alpha value is -1.84. The summed E-state index contributed by atoms with van der Waals surface area (Å²) in [5.41, 5.74) is 0.880. The van der Waals surface area contributed by atoms with E-state index in [0.717, 1.165) is 36.3 Å². The summed E-state index contributed by atoms with van der Waals surface area (Å²) in [6.07, 6.45) is 3.39. The molecule has 1 aliphatic heterocycles. The van der Waals surface area contributed by atoms with E-state index in [1.54, 1.807) is 17.6 Å². The lowest BCUT2D eigenvalue weighted by Crippen LogP contribution is -2.39. The number of likely N-dealkylation sites (tertiary alicyclic amines) is 1. The fourth-order valence-electron chi connectivity index (χ4n) is 2.56. The number of aromatic nitrogens is 1. The van der Waals surface area contributed by atoms with Gasteiger partial charge in [0.05, 0.1) is 11.0 Å². The molecule has 1 atom stereocenters. The number of hydrogen-bond donors (Lipinski definition) is 1. The number of thiophene rings is 1. The standard InChI is InChI=1S/C13H14N4O3S2/c18-12(15-13-14-3-5-21-13)10-2-1-4-16(10)7-9-6-11(17(19)20)22-8-9/h3,5-6,8,10H,1-2,4,7H2,(H,14,15,18)/t10-/m1/s1. The predicted octanol–water partition coefficient (Wildman–Crippen LogP) is 2.72. The Bertz CT molecular complexity index is 671. The molecule has 9 heteroatoms. The molecule has 3 heterocycles. The zero-order valence-electron chi connectivity index (χ0n) is 11.6. The van der Waals surface area contributed by atoms with Gasteiger partial charge in [-0.25, -0.2) is 4.98 Å². The SMILES string of the molecule is O=C(Nc1nccs1)[C@H]1CCCN1Cc1csc([N+](=O)[O-])c1. The van der Waals surface area contributed by atoms with Gasteiger partial charge in [-0.15, -0.1) is 11.3 Å². The van der Waals surface area contributed by atoms with Crippen molar-refractivity contribution in [3.05, 3.63) is 38.7 Å². The van der Waals surface area contributed by atoms with E-state index in [1.807, 2.05) is 5.38 Å². The first-order chi connectivity index (χ1) is 10.6. The van der Waals surface area contributed by atoms with Crippen molar-refractivity contribution in [3.8, 4) is 0 Å². The van der Waals surface area contributed by atoms with E-state index in [-0.39, 0.29) is 21.9 Å². The Morgan fingerprint density at radius 2 is 2.41 bits per heavy atom. The van der Waals surface area contributed by atoms with Crippen molar-refractivity contribution in [1.82, 2.24) is 9.88 Å². The van der Waals surface area contributed by atoms with Crippen molar-refractivity contribution in [1.29, 1.82) is 0 Å². The Morgan fingerprint density at radius 3 is 3.09 bits per heavy atom. The highest BCUT2D eigenvalue weighted by Crippen LogP contribution is 2.27. The van der Waals surface area contributed by atoms with Gasteiger partial charge in [-0.3, -0.25) is 19.8 Å². The number of nitrogens with one attached hydrogen (secondary N) is 1. The van der Waals surface area contributed by atoms with Crippen LogP contribution in [0.2, 0.25) is 0 Å². The van der Waals surface area contributed by atoms with Crippen molar-refractivity contribution in [2.24, 2.45) is 0 Å². The molecule has 0 bridgehead atoms. The minimum absolute atomic E-state index is 0.0582. The Balaban J connectivity index is 1.64. The number of anilines is 1. The molecule has 7 nitrogen and oxygen atoms in total. The molecule has 116 valence electrons. The summed E-state index contributed by atoms with van der Waals surface area (Å²) in [7, 11) is 0. The molecule has 2 aromatic heterocycles. The molecule has 0 aliphatic carbocycles. The molecule has 1 N–H and O–H groups in total. The Labute approximate surface area is 134 Å². The highest BCUT2D eigenvalue weighted by molar-refractivity contribution is 7.13. The van der Waals surface area contributed by atoms with E-state index in [4.69, 9.17) is 0 Å². The summed E-state index contributed by atoms with van der Waals surface area (Å²) in [5, 5.41) is 17.9. The largest absolute Gasteiger partial charge is 0.324 e. The van der Waals surface area contributed by atoms with Crippen molar-refractivity contribution in [2.45, 2.75) is 25.4 Å². The van der Waals surface area contributed by atoms with Gasteiger partial charge in [0, 0.05) is 29.6 Å². The van der Waals surface area contributed by atoms with E-state index in [1.165, 1.54) is 11.3 Å². The number of carbonyl (C=O) groups excluding carboxylic acids is 1. The third-order valence-electron chi connectivity index (χ3n) is 3.53. The molecule has 1 aliphatic rings. The Morgan fingerprint density at radius 1 is 1.55 bits per heavy atom. The average Bonchev–Trinajstić information content (AvgIpc) is 3.19. The third-order valence-corrected chi connectivity index (χ3v) is 5.15. The molecule has 0 unspecified atom stereocenters. The van der Waals surface area contributed by atoms with Crippen LogP contribution in [-0.4, -0.2) is 33.3 Å². The molecule has 1 saturated heterocycles. The second-order valence-corrected chi connectivity index (χ2v) is 6.79. The topological polar surface area (TPSA) is 88.4 Å². The quantitative estimate of drug-likeness (QED) is 0.669. The first-order valence-electron chi connectivity index (χ1n) is 6.79. The van der Waals surface area contributed by atoms with Crippen LogP contribution in [0.5, 0.6) is 0 Å². The van der Waals surface area contributed by atoms with Crippen LogP contribution in [0.4, 0.5) is 10.1 Å². The monoisotopic (exact) mass is 338 g/mol. The fourth-order valence-corrected chi connectivity index (χ4v) is 3.81. The van der Waals surface area contributed by atoms with Crippen LogP contribution in [0.25, 0.3) is 0 Å². The zero-order chi connectivity index (χ0) is 15.5. The lowest BCUT2D eigenvalue weighted by atomic mass is 10.2. The summed E-state index contributed by atoms with van der Waals surface area (Å²) < 4.78 is 0. The maximum atomic E-state index is 12.3. The normalized spacial score (nSPS) is 18.5. The first-order valence-corrected chi connectivity index (χ1v) is 8.55. The van der Waals surface area contributed by atoms with Crippen molar-refractivity contribution in [2.75, 3.05) is 11.9 Å². The maximum Gasteiger partial charge on any atom is 0.324 e. The molecular formula is C13H14N4O3S2. The minimum Gasteiger partial charge on any atom is -0.301 e. The smallest absolute Gasteiger partial charge is 0.301 e. The van der Waals surface area contributed by atoms with Crippen LogP contribution in [0.3, 0.4) is 0 Å². The molecule has 1 fully saturated rings. The summed E-state index contributed by atoms with van der Waals surface area (Å²) in [5.74, 6) is -0.0582. The highest BCUT2D eigenvalue weighted by atomic mass is 32.1. The van der Waals surface area contributed by atoms with E-state index in [9.17, 15) is 14.9 Å². The third kappa shape index (κ3) is 3.32. The molecule has 2 aromatic rings. The van der Waals surface area contributed by atoms with Gasteiger partial charge in [0.2, 0.25) is 5.91 Å². The van der Waals surface area contributed by atoms with Gasteiger partial charge < -0.3 is 5.32 Å². The van der Waals surface area contributed by atoms with Gasteiger partial charge in [-0.05, 0) is 24.9 Å². The molecule has 0 spiro atoms. The number of thiazole rings is 1. The van der Waals surface area contributed by atoms with Crippen LogP contribution < -0.4 is 5.32 Å². The van der Waals surface area contributed by atoms with Gasteiger partial charge in [0.15, 0.2) is 5.13 Å². The second-order valence-electron chi connectivity index (χ2n) is 5.01. The van der Waals surface area contributed by atoms with Crippen molar-refractivity contribution in [3.63, 3.8) is 0 Å². The van der Waals surface area contributed by atoms with Crippen LogP contribution in [0, 0.1) is 10.1 Å². The van der Waals surface area contributed by atoms with E-state index in [2.05, 4.69) is 15.2 Å². The number of hydrogen-bond acceptors (Lipinski definition) is 7. The van der Waals surface area contributed by atoms with Gasteiger partial charge in [0.1, 0.15) is 0 Å². The number of nitro groups is 1. The molecule has 3 rings (SSSR count). The first kappa shape index (κ1) is 15.1. The fraction of sp³-hybridized carbons (Fsp3) is 0.385. The van der Waals surface area contributed by atoms with Gasteiger partial charge >= 0.3 is 5.00 Å². The highest BCUT2D eigenvalue weighted by Gasteiger charge is 2.31. The molecule has 0 aromatic carbocycles. The lowest BCUT2D eigenvalue weighted by molar-refractivity contribution is -0.380. The number of rotatable bonds is 5. The zero-order valence-corrected chi connectivity index (χ0v) is 13.2. The average molecular weight is 338 g/mol. The number of amides is 1. The van der Waals surface area contributed by atoms with Crippen LogP contribution >= 0.6 is 22.7 Å². The second kappa shape index (κ2) is 6.51. The van der Waals surface area contributed by atoms with Gasteiger partial charge in [-0.1, -0.05) is 11.3 Å². The molecular weight excluding hydrogens is 324 g/mol.